The second-order valence-electron chi connectivity index (χ2n) is 5.50. The Morgan fingerprint density at radius 2 is 2.23 bits per heavy atom. The van der Waals surface area contributed by atoms with E-state index < -0.39 is 18.8 Å². The van der Waals surface area contributed by atoms with Crippen molar-refractivity contribution in [2.24, 2.45) is 0 Å². The van der Waals surface area contributed by atoms with Gasteiger partial charge in [-0.05, 0) is 7.05 Å². The van der Waals surface area contributed by atoms with Crippen LogP contribution in [-0.4, -0.2) is 92.7 Å². The first-order valence-electron chi connectivity index (χ1n) is 7.03. The van der Waals surface area contributed by atoms with Gasteiger partial charge in [-0.2, -0.15) is 13.2 Å². The van der Waals surface area contributed by atoms with Crippen LogP contribution in [0.3, 0.4) is 0 Å². The van der Waals surface area contributed by atoms with Crippen molar-refractivity contribution in [3.8, 4) is 0 Å². The number of hydrogen-bond acceptors (Lipinski definition) is 6. The van der Waals surface area contributed by atoms with Gasteiger partial charge in [-0.1, -0.05) is 0 Å². The number of nitrogens with zero attached hydrogens (tertiary/aromatic N) is 2. The lowest BCUT2D eigenvalue weighted by molar-refractivity contribution is -0.146. The minimum atomic E-state index is -4.28. The summed E-state index contributed by atoms with van der Waals surface area (Å²) in [5.74, 6) is -0.377. The summed E-state index contributed by atoms with van der Waals surface area (Å²) in [4.78, 5) is 14.1. The zero-order chi connectivity index (χ0) is 16.8. The molecule has 22 heavy (non-hydrogen) atoms. The molecule has 1 rings (SSSR count). The van der Waals surface area contributed by atoms with Crippen LogP contribution in [0.5, 0.6) is 0 Å². The van der Waals surface area contributed by atoms with Gasteiger partial charge in [-0.3, -0.25) is 14.6 Å². The quantitative estimate of drug-likeness (QED) is 0.669. The summed E-state index contributed by atoms with van der Waals surface area (Å²) in [6.07, 6.45) is -5.37. The molecule has 0 aliphatic carbocycles. The molecule has 1 saturated heterocycles. The van der Waals surface area contributed by atoms with E-state index in [1.165, 1.54) is 14.2 Å². The molecule has 9 heteroatoms. The van der Waals surface area contributed by atoms with Crippen molar-refractivity contribution in [1.29, 1.82) is 0 Å². The van der Waals surface area contributed by atoms with E-state index in [0.717, 1.165) is 4.90 Å². The predicted octanol–water partition coefficient (Wildman–Crippen LogP) is 0.105. The van der Waals surface area contributed by atoms with Gasteiger partial charge >= 0.3 is 12.1 Å². The van der Waals surface area contributed by atoms with Gasteiger partial charge in [0, 0.05) is 26.2 Å². The summed E-state index contributed by atoms with van der Waals surface area (Å²) in [6, 6.07) is 0. The van der Waals surface area contributed by atoms with Crippen LogP contribution in [-0.2, 0) is 14.3 Å². The molecule has 0 amide bonds. The maximum atomic E-state index is 12.2. The van der Waals surface area contributed by atoms with Crippen molar-refractivity contribution in [2.75, 3.05) is 53.5 Å². The lowest BCUT2D eigenvalue weighted by Crippen LogP contribution is -2.48. The Morgan fingerprint density at radius 3 is 2.82 bits per heavy atom. The average molecular weight is 328 g/mol. The van der Waals surface area contributed by atoms with Crippen LogP contribution in [0.25, 0.3) is 0 Å². The molecule has 1 N–H and O–H groups in total. The van der Waals surface area contributed by atoms with Gasteiger partial charge in [0.05, 0.1) is 38.9 Å². The predicted molar refractivity (Wildman–Crippen MR) is 72.4 cm³/mol. The van der Waals surface area contributed by atoms with E-state index in [0.29, 0.717) is 19.7 Å². The summed E-state index contributed by atoms with van der Waals surface area (Å²) in [5, 5.41) is 9.90. The van der Waals surface area contributed by atoms with E-state index in [-0.39, 0.29) is 31.6 Å². The molecule has 1 aliphatic rings. The monoisotopic (exact) mass is 328 g/mol. The Hall–Kier alpha value is -0.900. The van der Waals surface area contributed by atoms with Crippen LogP contribution in [0.4, 0.5) is 13.2 Å². The molecule has 0 bridgehead atoms. The van der Waals surface area contributed by atoms with Gasteiger partial charge < -0.3 is 14.6 Å². The van der Waals surface area contributed by atoms with Crippen molar-refractivity contribution in [3.05, 3.63) is 0 Å². The fourth-order valence-electron chi connectivity index (χ4n) is 2.43. The van der Waals surface area contributed by atoms with Crippen molar-refractivity contribution >= 4 is 5.97 Å². The van der Waals surface area contributed by atoms with Crippen LogP contribution >= 0.6 is 0 Å². The molecule has 0 aromatic carbocycles. The molecule has 0 aromatic heterocycles. The van der Waals surface area contributed by atoms with E-state index in [9.17, 15) is 23.1 Å². The third kappa shape index (κ3) is 7.92. The number of β-amino-alcohol motifs (C(OH)–C–C–N with tert-alkyl or cyclic N) is 1. The van der Waals surface area contributed by atoms with Gasteiger partial charge in [-0.15, -0.1) is 0 Å². The second-order valence-corrected chi connectivity index (χ2v) is 5.50. The number of esters is 1. The minimum Gasteiger partial charge on any atom is -0.469 e. The first-order chi connectivity index (χ1) is 10.2. The number of carbonyl (C=O) groups is 1. The Kier molecular flexibility index (Phi) is 7.54. The summed E-state index contributed by atoms with van der Waals surface area (Å²) >= 11 is 0. The lowest BCUT2D eigenvalue weighted by atomic mass is 10.2. The number of hydrogen-bond donors (Lipinski definition) is 1. The molecule has 1 aliphatic heterocycles. The highest BCUT2D eigenvalue weighted by Crippen LogP contribution is 2.16. The molecular weight excluding hydrogens is 305 g/mol. The fraction of sp³-hybridized carbons (Fsp3) is 0.923. The van der Waals surface area contributed by atoms with Gasteiger partial charge in [0.15, 0.2) is 0 Å². The van der Waals surface area contributed by atoms with Gasteiger partial charge in [0.2, 0.25) is 0 Å². The number of aliphatic hydroxyl groups excluding tert-OH is 1. The van der Waals surface area contributed by atoms with Crippen LogP contribution in [0.15, 0.2) is 0 Å². The molecule has 0 radical (unpaired) electrons. The van der Waals surface area contributed by atoms with E-state index >= 15 is 0 Å². The summed E-state index contributed by atoms with van der Waals surface area (Å²) in [6.45, 7) is 0.527. The molecule has 130 valence electrons. The highest BCUT2D eigenvalue weighted by Gasteiger charge is 2.30. The number of halogens is 3. The molecule has 6 nitrogen and oxygen atoms in total. The van der Waals surface area contributed by atoms with E-state index in [1.54, 1.807) is 0 Å². The number of methoxy groups -OCH3 is 1. The minimum absolute atomic E-state index is 0.0709. The number of aliphatic hydroxyl groups is 1. The van der Waals surface area contributed by atoms with Gasteiger partial charge in [0.1, 0.15) is 0 Å². The van der Waals surface area contributed by atoms with Crippen LogP contribution in [0, 0.1) is 0 Å². The maximum absolute atomic E-state index is 12.2. The number of alkyl halides is 3. The molecule has 0 saturated carbocycles. The highest BCUT2D eigenvalue weighted by atomic mass is 19.4. The number of morpholine rings is 1. The zero-order valence-electron chi connectivity index (χ0n) is 12.8. The number of ether oxygens (including phenoxy) is 2. The molecule has 0 aromatic rings. The number of carbonyl (C=O) groups excluding carboxylic acids is 1. The highest BCUT2D eigenvalue weighted by molar-refractivity contribution is 5.69. The second kappa shape index (κ2) is 8.66. The zero-order valence-corrected chi connectivity index (χ0v) is 12.8. The SMILES string of the molecule is COC(=O)C[C@H]1CN(C[C@H](O)CN(C)CC(F)(F)F)CCO1. The van der Waals surface area contributed by atoms with Crippen LogP contribution in [0.1, 0.15) is 6.42 Å². The lowest BCUT2D eigenvalue weighted by Gasteiger charge is -2.34. The Balaban J connectivity index is 2.34. The van der Waals surface area contributed by atoms with Crippen molar-refractivity contribution < 1.29 is 32.5 Å². The number of likely N-dealkylation sites (N-methyl/N-ethyl adjacent to an activating group) is 1. The molecule has 1 fully saturated rings. The largest absolute Gasteiger partial charge is 0.469 e. The first kappa shape index (κ1) is 19.1. The first-order valence-corrected chi connectivity index (χ1v) is 7.03. The third-order valence-corrected chi connectivity index (χ3v) is 3.29. The fourth-order valence-corrected chi connectivity index (χ4v) is 2.43. The molecular formula is C13H23F3N2O4. The van der Waals surface area contributed by atoms with Crippen molar-refractivity contribution in [3.63, 3.8) is 0 Å². The normalized spacial score (nSPS) is 21.9. The Bertz CT molecular complexity index is 355. The van der Waals surface area contributed by atoms with E-state index in [4.69, 9.17) is 4.74 Å². The summed E-state index contributed by atoms with van der Waals surface area (Å²) < 4.78 is 46.7. The van der Waals surface area contributed by atoms with Gasteiger partial charge in [-0.25, -0.2) is 0 Å². The Morgan fingerprint density at radius 1 is 1.55 bits per heavy atom. The molecule has 0 spiro atoms. The standard InChI is InChI=1S/C13H23F3N2O4/c1-17(9-13(14,15)16)6-10(19)7-18-3-4-22-11(8-18)5-12(20)21-2/h10-11,19H,3-9H2,1-2H3/t10-,11+/m1/s1. The maximum Gasteiger partial charge on any atom is 0.401 e. The van der Waals surface area contributed by atoms with Crippen molar-refractivity contribution in [2.45, 2.75) is 24.8 Å². The summed E-state index contributed by atoms with van der Waals surface area (Å²) in [5.41, 5.74) is 0. The van der Waals surface area contributed by atoms with Crippen LogP contribution in [0.2, 0.25) is 0 Å². The average Bonchev–Trinajstić information content (AvgIpc) is 2.36. The van der Waals surface area contributed by atoms with E-state index in [1.807, 2.05) is 4.90 Å². The smallest absolute Gasteiger partial charge is 0.401 e. The van der Waals surface area contributed by atoms with E-state index in [2.05, 4.69) is 4.74 Å². The van der Waals surface area contributed by atoms with Crippen LogP contribution < -0.4 is 0 Å². The van der Waals surface area contributed by atoms with Crippen molar-refractivity contribution in [1.82, 2.24) is 9.80 Å². The third-order valence-electron chi connectivity index (χ3n) is 3.29. The Labute approximate surface area is 127 Å². The molecule has 2 atom stereocenters. The topological polar surface area (TPSA) is 62.2 Å². The number of rotatable bonds is 7. The molecule has 1 heterocycles. The molecule has 0 unspecified atom stereocenters. The summed E-state index contributed by atoms with van der Waals surface area (Å²) in [7, 11) is 2.61. The van der Waals surface area contributed by atoms with Gasteiger partial charge in [0.25, 0.3) is 0 Å².